The number of benzene rings is 1. The average molecular weight is 298 g/mol. The van der Waals surface area contributed by atoms with E-state index in [0.717, 1.165) is 5.56 Å². The van der Waals surface area contributed by atoms with E-state index in [0.29, 0.717) is 6.42 Å². The van der Waals surface area contributed by atoms with Crippen LogP contribution in [0.25, 0.3) is 0 Å². The van der Waals surface area contributed by atoms with Crippen LogP contribution in [0.15, 0.2) is 18.2 Å². The number of hydrogen-bond acceptors (Lipinski definition) is 2. The van der Waals surface area contributed by atoms with E-state index in [-0.39, 0.29) is 22.1 Å². The van der Waals surface area contributed by atoms with E-state index in [9.17, 15) is 9.18 Å². The molecule has 0 N–H and O–H groups in total. The Kier molecular flexibility index (Phi) is 4.83. The summed E-state index contributed by atoms with van der Waals surface area (Å²) in [6.45, 7) is 3.67. The number of nitriles is 1. The molecule has 17 heavy (non-hydrogen) atoms. The van der Waals surface area contributed by atoms with Crippen molar-refractivity contribution < 1.29 is 9.18 Å². The van der Waals surface area contributed by atoms with Crippen molar-refractivity contribution in [2.75, 3.05) is 0 Å². The van der Waals surface area contributed by atoms with Crippen molar-refractivity contribution in [2.24, 2.45) is 5.92 Å². The van der Waals surface area contributed by atoms with Crippen molar-refractivity contribution >= 4 is 21.7 Å². The number of carbonyl (C=O) groups is 1. The first-order valence-electron chi connectivity index (χ1n) is 5.32. The van der Waals surface area contributed by atoms with Crippen LogP contribution in [0.2, 0.25) is 0 Å². The van der Waals surface area contributed by atoms with Crippen LogP contribution in [0.4, 0.5) is 4.39 Å². The van der Waals surface area contributed by atoms with E-state index in [1.165, 1.54) is 12.1 Å². The van der Waals surface area contributed by atoms with Gasteiger partial charge in [0.05, 0.1) is 10.4 Å². The Morgan fingerprint density at radius 2 is 2.18 bits per heavy atom. The first-order chi connectivity index (χ1) is 7.95. The highest BCUT2D eigenvalue weighted by Gasteiger charge is 2.18. The fraction of sp³-hybridized carbons (Fsp3) is 0.385. The van der Waals surface area contributed by atoms with Crippen LogP contribution in [-0.4, -0.2) is 10.6 Å². The number of Topliss-reactive ketones (excluding diaryl/α,β-unsaturated/α-hetero) is 1. The van der Waals surface area contributed by atoms with Gasteiger partial charge < -0.3 is 0 Å². The number of alkyl halides is 1. The molecule has 0 radical (unpaired) electrons. The van der Waals surface area contributed by atoms with Gasteiger partial charge in [-0.2, -0.15) is 5.26 Å². The van der Waals surface area contributed by atoms with Crippen molar-refractivity contribution in [3.8, 4) is 6.07 Å². The molecule has 1 rings (SSSR count). The minimum absolute atomic E-state index is 0.0131. The molecule has 0 aliphatic carbocycles. The summed E-state index contributed by atoms with van der Waals surface area (Å²) >= 11 is 3.32. The molecule has 0 aliphatic heterocycles. The Balaban J connectivity index is 2.83. The maximum atomic E-state index is 13.1. The summed E-state index contributed by atoms with van der Waals surface area (Å²) in [5, 5.41) is 8.71. The summed E-state index contributed by atoms with van der Waals surface area (Å²) in [7, 11) is 0. The average Bonchev–Trinajstić information content (AvgIpc) is 2.30. The molecule has 0 saturated carbocycles. The molecule has 1 atom stereocenters. The second-order valence-corrected chi connectivity index (χ2v) is 5.26. The number of rotatable bonds is 4. The van der Waals surface area contributed by atoms with Crippen molar-refractivity contribution in [1.82, 2.24) is 0 Å². The summed E-state index contributed by atoms with van der Waals surface area (Å²) in [5.74, 6) is -0.472. The Labute approximate surface area is 109 Å². The Bertz CT molecular complexity index is 465. The highest BCUT2D eigenvalue weighted by Crippen LogP contribution is 2.17. The molecule has 1 aromatic carbocycles. The topological polar surface area (TPSA) is 40.9 Å². The highest BCUT2D eigenvalue weighted by molar-refractivity contribution is 9.10. The fourth-order valence-corrected chi connectivity index (χ4v) is 2.36. The van der Waals surface area contributed by atoms with Crippen LogP contribution in [-0.2, 0) is 11.2 Å². The van der Waals surface area contributed by atoms with Gasteiger partial charge in [0.1, 0.15) is 17.7 Å². The minimum atomic E-state index is -0.530. The monoisotopic (exact) mass is 297 g/mol. The molecule has 1 aromatic rings. The molecule has 0 heterocycles. The van der Waals surface area contributed by atoms with E-state index < -0.39 is 5.82 Å². The van der Waals surface area contributed by atoms with Gasteiger partial charge in [0.15, 0.2) is 0 Å². The smallest absolute Gasteiger partial charge is 0.149 e. The highest BCUT2D eigenvalue weighted by atomic mass is 79.9. The summed E-state index contributed by atoms with van der Waals surface area (Å²) < 4.78 is 13.1. The van der Waals surface area contributed by atoms with E-state index in [1.54, 1.807) is 12.1 Å². The molecule has 2 nitrogen and oxygen atoms in total. The molecule has 0 aromatic heterocycles. The molecule has 0 fully saturated rings. The lowest BCUT2D eigenvalue weighted by Crippen LogP contribution is -2.21. The third-order valence-electron chi connectivity index (χ3n) is 2.44. The van der Waals surface area contributed by atoms with Gasteiger partial charge in [-0.1, -0.05) is 35.8 Å². The molecular formula is C13H13BrFNO. The van der Waals surface area contributed by atoms with Crippen LogP contribution in [0, 0.1) is 23.1 Å². The molecule has 0 saturated heterocycles. The lowest BCUT2D eigenvalue weighted by molar-refractivity contribution is -0.121. The Morgan fingerprint density at radius 3 is 2.71 bits per heavy atom. The van der Waals surface area contributed by atoms with E-state index in [4.69, 9.17) is 5.26 Å². The number of carbonyl (C=O) groups excluding carboxylic acids is 1. The predicted octanol–water partition coefficient (Wildman–Crippen LogP) is 3.23. The van der Waals surface area contributed by atoms with E-state index in [2.05, 4.69) is 15.9 Å². The summed E-state index contributed by atoms with van der Waals surface area (Å²) in [4.78, 5) is 11.4. The SMILES string of the molecule is CC(C)C(=O)C(Br)Cc1ccc(F)c(C#N)c1. The maximum Gasteiger partial charge on any atom is 0.149 e. The number of ketones is 1. The van der Waals surface area contributed by atoms with Crippen LogP contribution in [0.5, 0.6) is 0 Å². The zero-order valence-electron chi connectivity index (χ0n) is 9.71. The molecule has 0 amide bonds. The third-order valence-corrected chi connectivity index (χ3v) is 3.22. The third kappa shape index (κ3) is 3.64. The number of halogens is 2. The summed E-state index contributed by atoms with van der Waals surface area (Å²) in [6.07, 6.45) is 0.464. The number of hydrogen-bond donors (Lipinski definition) is 0. The quantitative estimate of drug-likeness (QED) is 0.801. The molecule has 1 unspecified atom stereocenters. The molecule has 0 spiro atoms. The maximum absolute atomic E-state index is 13.1. The zero-order chi connectivity index (χ0) is 13.0. The molecule has 0 bridgehead atoms. The van der Waals surface area contributed by atoms with Crippen molar-refractivity contribution in [1.29, 1.82) is 5.26 Å². The second-order valence-electron chi connectivity index (χ2n) is 4.15. The standard InChI is InChI=1S/C13H13BrFNO/c1-8(2)13(17)11(14)6-9-3-4-12(15)10(5-9)7-16/h3-5,8,11H,6H2,1-2H3. The van der Waals surface area contributed by atoms with Gasteiger partial charge in [0, 0.05) is 5.92 Å². The number of nitrogens with zero attached hydrogens (tertiary/aromatic N) is 1. The van der Waals surface area contributed by atoms with Crippen molar-refractivity contribution in [2.45, 2.75) is 25.1 Å². The van der Waals surface area contributed by atoms with Crippen LogP contribution in [0.1, 0.15) is 25.0 Å². The summed E-state index contributed by atoms with van der Waals surface area (Å²) in [5.41, 5.74) is 0.790. The van der Waals surface area contributed by atoms with Gasteiger partial charge >= 0.3 is 0 Å². The Hall–Kier alpha value is -1.21. The Morgan fingerprint density at radius 1 is 1.53 bits per heavy atom. The van der Waals surface area contributed by atoms with Crippen LogP contribution in [0.3, 0.4) is 0 Å². The van der Waals surface area contributed by atoms with Gasteiger partial charge in [-0.25, -0.2) is 4.39 Å². The lowest BCUT2D eigenvalue weighted by atomic mass is 10.00. The fourth-order valence-electron chi connectivity index (χ4n) is 1.45. The van der Waals surface area contributed by atoms with Gasteiger partial charge in [0.2, 0.25) is 0 Å². The molecule has 4 heteroatoms. The largest absolute Gasteiger partial charge is 0.298 e. The first-order valence-corrected chi connectivity index (χ1v) is 6.23. The summed E-state index contributed by atoms with van der Waals surface area (Å²) in [6, 6.07) is 6.12. The zero-order valence-corrected chi connectivity index (χ0v) is 11.3. The van der Waals surface area contributed by atoms with Crippen molar-refractivity contribution in [3.63, 3.8) is 0 Å². The minimum Gasteiger partial charge on any atom is -0.298 e. The normalized spacial score (nSPS) is 12.2. The molecule has 0 aliphatic rings. The van der Waals surface area contributed by atoms with E-state index >= 15 is 0 Å². The van der Waals surface area contributed by atoms with Crippen molar-refractivity contribution in [3.05, 3.63) is 35.1 Å². The molecule has 90 valence electrons. The van der Waals surface area contributed by atoms with E-state index in [1.807, 2.05) is 13.8 Å². The second kappa shape index (κ2) is 5.92. The van der Waals surface area contributed by atoms with Gasteiger partial charge in [0.25, 0.3) is 0 Å². The van der Waals surface area contributed by atoms with Gasteiger partial charge in [-0.05, 0) is 24.1 Å². The van der Waals surface area contributed by atoms with Gasteiger partial charge in [-0.3, -0.25) is 4.79 Å². The predicted molar refractivity (Wildman–Crippen MR) is 67.4 cm³/mol. The molecular weight excluding hydrogens is 285 g/mol. The van der Waals surface area contributed by atoms with Crippen LogP contribution >= 0.6 is 15.9 Å². The first kappa shape index (κ1) is 13.9. The van der Waals surface area contributed by atoms with Crippen LogP contribution < -0.4 is 0 Å². The van der Waals surface area contributed by atoms with Gasteiger partial charge in [-0.15, -0.1) is 0 Å². The lowest BCUT2D eigenvalue weighted by Gasteiger charge is -2.11.